The third-order valence-corrected chi connectivity index (χ3v) is 8.33. The van der Waals surface area contributed by atoms with E-state index < -0.39 is 17.4 Å². The van der Waals surface area contributed by atoms with E-state index in [0.717, 1.165) is 34.7 Å². The number of carbonyl (C=O) groups is 4. The topological polar surface area (TPSA) is 128 Å². The molecule has 2 fully saturated rings. The second-order valence-corrected chi connectivity index (χ2v) is 11.4. The van der Waals surface area contributed by atoms with Crippen LogP contribution in [0.5, 0.6) is 0 Å². The van der Waals surface area contributed by atoms with Crippen LogP contribution in [0.3, 0.4) is 0 Å². The molecule has 3 aliphatic rings. The van der Waals surface area contributed by atoms with E-state index in [-0.39, 0.29) is 30.2 Å². The molecule has 4 amide bonds. The molecule has 2 aromatic carbocycles. The van der Waals surface area contributed by atoms with E-state index in [0.29, 0.717) is 37.2 Å². The Morgan fingerprint density at radius 1 is 1.12 bits per heavy atom. The van der Waals surface area contributed by atoms with E-state index >= 15 is 0 Å². The molecular formula is C30H30N6O4. The second kappa shape index (κ2) is 9.59. The molecule has 1 unspecified atom stereocenters. The van der Waals surface area contributed by atoms with Crippen LogP contribution in [0.25, 0.3) is 10.8 Å². The third-order valence-electron chi connectivity index (χ3n) is 8.33. The fourth-order valence-corrected chi connectivity index (χ4v) is 6.12. The van der Waals surface area contributed by atoms with Gasteiger partial charge in [0.15, 0.2) is 0 Å². The molecule has 0 radical (unpaired) electrons. The highest BCUT2D eigenvalue weighted by molar-refractivity contribution is 6.27. The van der Waals surface area contributed by atoms with Crippen molar-refractivity contribution in [3.8, 4) is 6.07 Å². The molecule has 204 valence electrons. The Balaban J connectivity index is 1.21. The van der Waals surface area contributed by atoms with E-state index in [2.05, 4.69) is 16.5 Å². The van der Waals surface area contributed by atoms with E-state index in [1.54, 1.807) is 24.8 Å². The molecule has 1 aromatic heterocycles. The number of benzene rings is 2. The first-order chi connectivity index (χ1) is 19.2. The average Bonchev–Trinajstić information content (AvgIpc) is 3.53. The van der Waals surface area contributed by atoms with Crippen molar-refractivity contribution in [3.05, 3.63) is 59.4 Å². The lowest BCUT2D eigenvalue weighted by atomic mass is 9.92. The van der Waals surface area contributed by atoms with Crippen LogP contribution >= 0.6 is 0 Å². The van der Waals surface area contributed by atoms with Crippen molar-refractivity contribution in [2.75, 3.05) is 18.0 Å². The number of imide groups is 1. The molecule has 6 rings (SSSR count). The van der Waals surface area contributed by atoms with Gasteiger partial charge >= 0.3 is 0 Å². The molecule has 0 spiro atoms. The molecule has 0 bridgehead atoms. The van der Waals surface area contributed by atoms with Crippen LogP contribution in [0.1, 0.15) is 67.1 Å². The van der Waals surface area contributed by atoms with E-state index in [1.165, 1.54) is 4.90 Å². The lowest BCUT2D eigenvalue weighted by molar-refractivity contribution is -0.139. The van der Waals surface area contributed by atoms with Gasteiger partial charge in [-0.25, -0.2) is 0 Å². The molecule has 0 aliphatic carbocycles. The van der Waals surface area contributed by atoms with Crippen molar-refractivity contribution in [3.63, 3.8) is 0 Å². The summed E-state index contributed by atoms with van der Waals surface area (Å²) in [4.78, 5) is 53.6. The fourth-order valence-electron chi connectivity index (χ4n) is 6.12. The zero-order chi connectivity index (χ0) is 28.2. The van der Waals surface area contributed by atoms with Gasteiger partial charge in [-0.15, -0.1) is 0 Å². The Hall–Kier alpha value is -4.52. The maximum Gasteiger partial charge on any atom is 0.259 e. The van der Waals surface area contributed by atoms with Gasteiger partial charge in [0.05, 0.1) is 24.0 Å². The van der Waals surface area contributed by atoms with Gasteiger partial charge in [0.1, 0.15) is 11.5 Å². The van der Waals surface area contributed by atoms with Crippen molar-refractivity contribution in [2.45, 2.75) is 58.0 Å². The summed E-state index contributed by atoms with van der Waals surface area (Å²) in [6.07, 6.45) is 6.58. The van der Waals surface area contributed by atoms with Crippen LogP contribution < -0.4 is 10.2 Å². The first kappa shape index (κ1) is 25.7. The number of hydrogen-bond donors (Lipinski definition) is 1. The van der Waals surface area contributed by atoms with Crippen molar-refractivity contribution >= 4 is 40.1 Å². The number of rotatable bonds is 5. The third kappa shape index (κ3) is 4.22. The predicted octanol–water partition coefficient (Wildman–Crippen LogP) is 3.11. The van der Waals surface area contributed by atoms with Crippen molar-refractivity contribution in [1.82, 2.24) is 20.0 Å². The Labute approximate surface area is 231 Å². The Bertz CT molecular complexity index is 1610. The SMILES string of the molecule is CC(C)(C#N)C(=O)N1CCC(n2cc(Cc3ccc4c5c(cccc35)C(=O)N4C3CCC(=O)NC3=O)cn2)CC1. The van der Waals surface area contributed by atoms with E-state index in [9.17, 15) is 24.4 Å². The minimum absolute atomic E-state index is 0.128. The molecule has 10 heteroatoms. The van der Waals surface area contributed by atoms with Gasteiger partial charge in [-0.2, -0.15) is 10.4 Å². The number of aromatic nitrogens is 2. The van der Waals surface area contributed by atoms with Gasteiger partial charge in [-0.1, -0.05) is 18.2 Å². The molecule has 1 atom stereocenters. The number of nitriles is 1. The van der Waals surface area contributed by atoms with Gasteiger partial charge in [0.2, 0.25) is 17.7 Å². The number of nitrogens with one attached hydrogen (secondary N) is 1. The highest BCUT2D eigenvalue weighted by Crippen LogP contribution is 2.41. The predicted molar refractivity (Wildman–Crippen MR) is 146 cm³/mol. The molecule has 2 saturated heterocycles. The lowest BCUT2D eigenvalue weighted by Crippen LogP contribution is -2.53. The molecule has 10 nitrogen and oxygen atoms in total. The molecule has 0 saturated carbocycles. The number of carbonyl (C=O) groups excluding carboxylic acids is 4. The number of amides is 4. The van der Waals surface area contributed by atoms with Crippen molar-refractivity contribution in [1.29, 1.82) is 5.26 Å². The molecule has 4 heterocycles. The maximum atomic E-state index is 13.4. The van der Waals surface area contributed by atoms with Crippen LogP contribution in [0, 0.1) is 16.7 Å². The van der Waals surface area contributed by atoms with Gasteiger partial charge in [-0.3, -0.25) is 34.1 Å². The van der Waals surface area contributed by atoms with Crippen LogP contribution in [0.4, 0.5) is 5.69 Å². The Morgan fingerprint density at radius 2 is 1.90 bits per heavy atom. The van der Waals surface area contributed by atoms with Crippen LogP contribution in [-0.2, 0) is 20.8 Å². The minimum Gasteiger partial charge on any atom is -0.341 e. The van der Waals surface area contributed by atoms with E-state index in [4.69, 9.17) is 0 Å². The number of nitrogens with zero attached hydrogens (tertiary/aromatic N) is 5. The molecule has 1 N–H and O–H groups in total. The van der Waals surface area contributed by atoms with Crippen LogP contribution in [0.15, 0.2) is 42.7 Å². The normalized spacial score (nSPS) is 19.7. The monoisotopic (exact) mass is 538 g/mol. The summed E-state index contributed by atoms with van der Waals surface area (Å²) in [7, 11) is 0. The van der Waals surface area contributed by atoms with Crippen LogP contribution in [0.2, 0.25) is 0 Å². The quantitative estimate of drug-likeness (QED) is 0.497. The summed E-state index contributed by atoms with van der Waals surface area (Å²) in [6.45, 7) is 4.50. The number of anilines is 1. The van der Waals surface area contributed by atoms with Crippen molar-refractivity contribution in [2.24, 2.45) is 5.41 Å². The molecule has 40 heavy (non-hydrogen) atoms. The van der Waals surface area contributed by atoms with Crippen LogP contribution in [-0.4, -0.2) is 57.4 Å². The summed E-state index contributed by atoms with van der Waals surface area (Å²) in [6, 6.07) is 11.1. The standard InChI is InChI=1S/C30H30N6O4/c1-30(2,17-31)29(40)34-12-10-20(11-13-34)35-16-18(15-32-35)14-19-6-7-23-26-21(19)4-3-5-22(26)28(39)36(23)24-8-9-25(37)33-27(24)38/h3-7,15-16,20,24H,8-14H2,1-2H3,(H,33,37,38). The minimum atomic E-state index is -1.02. The number of likely N-dealkylation sites (tertiary alicyclic amines) is 1. The first-order valence-corrected chi connectivity index (χ1v) is 13.6. The summed E-state index contributed by atoms with van der Waals surface area (Å²) in [5.74, 6) is -1.10. The number of piperidine rings is 2. The zero-order valence-electron chi connectivity index (χ0n) is 22.5. The van der Waals surface area contributed by atoms with Gasteiger partial charge in [0, 0.05) is 43.1 Å². The average molecular weight is 539 g/mol. The van der Waals surface area contributed by atoms with Gasteiger partial charge in [-0.05, 0) is 61.8 Å². The lowest BCUT2D eigenvalue weighted by Gasteiger charge is -2.34. The molecular weight excluding hydrogens is 508 g/mol. The number of hydrogen-bond acceptors (Lipinski definition) is 6. The van der Waals surface area contributed by atoms with Gasteiger partial charge < -0.3 is 4.90 Å². The fraction of sp³-hybridized carbons (Fsp3) is 0.400. The summed E-state index contributed by atoms with van der Waals surface area (Å²) >= 11 is 0. The van der Waals surface area contributed by atoms with Gasteiger partial charge in [0.25, 0.3) is 5.91 Å². The zero-order valence-corrected chi connectivity index (χ0v) is 22.5. The smallest absolute Gasteiger partial charge is 0.259 e. The first-order valence-electron chi connectivity index (χ1n) is 13.6. The van der Waals surface area contributed by atoms with E-state index in [1.807, 2.05) is 41.3 Å². The summed E-state index contributed by atoms with van der Waals surface area (Å²) in [5.41, 5.74) is 2.34. The maximum absolute atomic E-state index is 13.4. The Morgan fingerprint density at radius 3 is 2.62 bits per heavy atom. The highest BCUT2D eigenvalue weighted by atomic mass is 16.2. The molecule has 3 aliphatic heterocycles. The molecule has 3 aromatic rings. The second-order valence-electron chi connectivity index (χ2n) is 11.4. The highest BCUT2D eigenvalue weighted by Gasteiger charge is 2.41. The largest absolute Gasteiger partial charge is 0.341 e. The Kier molecular flexibility index (Phi) is 6.17. The van der Waals surface area contributed by atoms with Crippen molar-refractivity contribution < 1.29 is 19.2 Å². The summed E-state index contributed by atoms with van der Waals surface area (Å²) in [5, 5.41) is 18.1. The summed E-state index contributed by atoms with van der Waals surface area (Å²) < 4.78 is 1.97.